The van der Waals surface area contributed by atoms with Crippen molar-refractivity contribution in [3.8, 4) is 0 Å². The lowest BCUT2D eigenvalue weighted by molar-refractivity contribution is -0.203. The maximum absolute atomic E-state index is 13.4. The maximum atomic E-state index is 13.4. The summed E-state index contributed by atoms with van der Waals surface area (Å²) in [5, 5.41) is 0.719. The molecule has 0 saturated carbocycles. The second-order valence-corrected chi connectivity index (χ2v) is 9.62. The Morgan fingerprint density at radius 2 is 1.89 bits per heavy atom. The van der Waals surface area contributed by atoms with Crippen LogP contribution in [0.25, 0.3) is 6.08 Å². The molecule has 2 fully saturated rings. The van der Waals surface area contributed by atoms with E-state index in [1.165, 1.54) is 11.9 Å². The zero-order chi connectivity index (χ0) is 26.1. The van der Waals surface area contributed by atoms with Crippen LogP contribution in [-0.4, -0.2) is 60.2 Å². The molecule has 36 heavy (non-hydrogen) atoms. The molecule has 0 spiro atoms. The number of likely N-dealkylation sites (N-methyl/N-ethyl adjacent to an activating group) is 1. The largest absolute Gasteiger partial charge is 0.350 e. The van der Waals surface area contributed by atoms with Gasteiger partial charge in [0.05, 0.1) is 11.8 Å². The number of rotatable bonds is 11. The number of hydrazine groups is 1. The van der Waals surface area contributed by atoms with Gasteiger partial charge in [0.1, 0.15) is 6.54 Å². The van der Waals surface area contributed by atoms with E-state index in [4.69, 9.17) is 9.57 Å². The van der Waals surface area contributed by atoms with Crippen molar-refractivity contribution in [2.45, 2.75) is 52.2 Å². The minimum atomic E-state index is -0.812. The standard InChI is InChI=1S/C26H36N4O6/c1-18(2)16-21(24(32)27-30-22(31)17-29(3)26(30)34)20(13-9-12-19-10-5-4-6-11-19)25(33)28-36-23-14-7-8-15-35-23/h4-6,9-12,18,20-21,23H,7-8,13-17H2,1-3H3,(H,27,32)(H,28,33)/b12-9+/t20-,21+,23?/m0/s1. The Morgan fingerprint density at radius 3 is 2.50 bits per heavy atom. The summed E-state index contributed by atoms with van der Waals surface area (Å²) >= 11 is 0. The molecule has 2 aliphatic rings. The number of urea groups is 1. The van der Waals surface area contributed by atoms with Crippen LogP contribution in [0.3, 0.4) is 0 Å². The molecule has 1 aromatic carbocycles. The third-order valence-corrected chi connectivity index (χ3v) is 6.18. The summed E-state index contributed by atoms with van der Waals surface area (Å²) in [6.45, 7) is 4.34. The van der Waals surface area contributed by atoms with Crippen LogP contribution in [0.5, 0.6) is 0 Å². The summed E-state index contributed by atoms with van der Waals surface area (Å²) in [7, 11) is 1.48. The van der Waals surface area contributed by atoms with E-state index in [2.05, 4.69) is 10.9 Å². The van der Waals surface area contributed by atoms with Gasteiger partial charge in [-0.2, -0.15) is 5.01 Å². The van der Waals surface area contributed by atoms with E-state index in [1.54, 1.807) is 0 Å². The molecule has 10 heteroatoms. The summed E-state index contributed by atoms with van der Waals surface area (Å²) in [6, 6.07) is 9.01. The lowest BCUT2D eigenvalue weighted by Crippen LogP contribution is -2.51. The molecule has 0 aromatic heterocycles. The minimum absolute atomic E-state index is 0.0735. The number of carbonyl (C=O) groups is 4. The van der Waals surface area contributed by atoms with Crippen LogP contribution >= 0.6 is 0 Å². The van der Waals surface area contributed by atoms with Gasteiger partial charge in [-0.1, -0.05) is 56.3 Å². The van der Waals surface area contributed by atoms with Crippen molar-refractivity contribution in [1.29, 1.82) is 0 Å². The van der Waals surface area contributed by atoms with Crippen LogP contribution in [0.15, 0.2) is 36.4 Å². The van der Waals surface area contributed by atoms with E-state index in [0.717, 1.165) is 23.4 Å². The van der Waals surface area contributed by atoms with Crippen molar-refractivity contribution in [3.05, 3.63) is 42.0 Å². The second-order valence-electron chi connectivity index (χ2n) is 9.62. The van der Waals surface area contributed by atoms with Crippen molar-refractivity contribution in [1.82, 2.24) is 20.8 Å². The van der Waals surface area contributed by atoms with Gasteiger partial charge >= 0.3 is 6.03 Å². The van der Waals surface area contributed by atoms with Gasteiger partial charge in [0.15, 0.2) is 6.29 Å². The van der Waals surface area contributed by atoms with Gasteiger partial charge in [-0.3, -0.25) is 19.8 Å². The second kappa shape index (κ2) is 13.2. The molecular weight excluding hydrogens is 464 g/mol. The molecule has 1 unspecified atom stereocenters. The molecule has 2 aliphatic heterocycles. The van der Waals surface area contributed by atoms with E-state index < -0.39 is 41.9 Å². The number of hydroxylamine groups is 1. The molecule has 196 valence electrons. The van der Waals surface area contributed by atoms with Crippen molar-refractivity contribution >= 4 is 29.8 Å². The SMILES string of the molecule is CC(C)C[C@@H](C(=O)NN1C(=O)CN(C)C1=O)[C@H](C/C=C/c1ccccc1)C(=O)NOC1CCCCO1. The van der Waals surface area contributed by atoms with Crippen LogP contribution in [0.4, 0.5) is 4.79 Å². The van der Waals surface area contributed by atoms with Gasteiger partial charge in [0, 0.05) is 20.1 Å². The number of hydrogen-bond donors (Lipinski definition) is 2. The Balaban J connectivity index is 1.78. The third kappa shape index (κ3) is 7.63. The third-order valence-electron chi connectivity index (χ3n) is 6.18. The average Bonchev–Trinajstić information content (AvgIpc) is 3.11. The number of allylic oxidation sites excluding steroid dienone is 1. The Morgan fingerprint density at radius 1 is 1.14 bits per heavy atom. The number of nitrogens with zero attached hydrogens (tertiary/aromatic N) is 2. The predicted molar refractivity (Wildman–Crippen MR) is 132 cm³/mol. The minimum Gasteiger partial charge on any atom is -0.350 e. The number of hydrogen-bond acceptors (Lipinski definition) is 6. The van der Waals surface area contributed by atoms with Crippen LogP contribution in [0.2, 0.25) is 0 Å². The van der Waals surface area contributed by atoms with Crippen LogP contribution in [0.1, 0.15) is 51.5 Å². The predicted octanol–water partition coefficient (Wildman–Crippen LogP) is 2.87. The highest BCUT2D eigenvalue weighted by molar-refractivity contribution is 6.03. The number of imide groups is 1. The van der Waals surface area contributed by atoms with E-state index >= 15 is 0 Å². The summed E-state index contributed by atoms with van der Waals surface area (Å²) in [4.78, 5) is 57.9. The molecule has 0 radical (unpaired) electrons. The van der Waals surface area contributed by atoms with Gasteiger partial charge in [-0.15, -0.1) is 0 Å². The Hall–Kier alpha value is -3.24. The molecule has 0 bridgehead atoms. The lowest BCUT2D eigenvalue weighted by Gasteiger charge is -2.29. The molecule has 1 aromatic rings. The van der Waals surface area contributed by atoms with E-state index in [-0.39, 0.29) is 18.9 Å². The first-order valence-corrected chi connectivity index (χ1v) is 12.4. The molecule has 5 amide bonds. The van der Waals surface area contributed by atoms with Gasteiger partial charge in [0.25, 0.3) is 5.91 Å². The van der Waals surface area contributed by atoms with Crippen LogP contribution in [0, 0.1) is 17.8 Å². The quantitative estimate of drug-likeness (QED) is 0.356. The highest BCUT2D eigenvalue weighted by atomic mass is 16.8. The fourth-order valence-electron chi connectivity index (χ4n) is 4.26. The van der Waals surface area contributed by atoms with Gasteiger partial charge in [-0.05, 0) is 37.2 Å². The van der Waals surface area contributed by atoms with Crippen LogP contribution < -0.4 is 10.9 Å². The topological polar surface area (TPSA) is 117 Å². The molecule has 2 N–H and O–H groups in total. The van der Waals surface area contributed by atoms with E-state index in [9.17, 15) is 19.2 Å². The molecule has 2 heterocycles. The smallest absolute Gasteiger partial charge is 0.346 e. The summed E-state index contributed by atoms with van der Waals surface area (Å²) < 4.78 is 5.53. The van der Waals surface area contributed by atoms with Gasteiger partial charge < -0.3 is 9.64 Å². The summed E-state index contributed by atoms with van der Waals surface area (Å²) in [5.74, 6) is -3.10. The number of nitrogens with one attached hydrogen (secondary N) is 2. The molecule has 2 saturated heterocycles. The monoisotopic (exact) mass is 500 g/mol. The number of benzene rings is 1. The zero-order valence-corrected chi connectivity index (χ0v) is 21.1. The van der Waals surface area contributed by atoms with Crippen molar-refractivity contribution in [2.24, 2.45) is 17.8 Å². The Labute approximate surface area is 211 Å². The molecule has 10 nitrogen and oxygen atoms in total. The van der Waals surface area contributed by atoms with Crippen molar-refractivity contribution < 1.29 is 28.8 Å². The van der Waals surface area contributed by atoms with Crippen LogP contribution in [-0.2, 0) is 24.0 Å². The molecule has 0 aliphatic carbocycles. The number of carbonyl (C=O) groups excluding carboxylic acids is 4. The first kappa shape index (κ1) is 27.3. The fraction of sp³-hybridized carbons (Fsp3) is 0.538. The van der Waals surface area contributed by atoms with Gasteiger partial charge in [0.2, 0.25) is 11.8 Å². The molecule has 3 rings (SSSR count). The lowest BCUT2D eigenvalue weighted by atomic mass is 9.82. The summed E-state index contributed by atoms with van der Waals surface area (Å²) in [5.41, 5.74) is 5.90. The fourth-order valence-corrected chi connectivity index (χ4v) is 4.26. The molecule has 3 atom stereocenters. The van der Waals surface area contributed by atoms with Gasteiger partial charge in [-0.25, -0.2) is 15.1 Å². The van der Waals surface area contributed by atoms with E-state index in [1.807, 2.05) is 56.3 Å². The zero-order valence-electron chi connectivity index (χ0n) is 21.1. The summed E-state index contributed by atoms with van der Waals surface area (Å²) in [6.07, 6.45) is 6.37. The normalized spacial score (nSPS) is 20.2. The average molecular weight is 501 g/mol. The molecular formula is C26H36N4O6. The number of ether oxygens (including phenoxy) is 1. The first-order chi connectivity index (χ1) is 17.3. The van der Waals surface area contributed by atoms with Crippen molar-refractivity contribution in [2.75, 3.05) is 20.2 Å². The number of amides is 5. The highest BCUT2D eigenvalue weighted by Gasteiger charge is 2.39. The first-order valence-electron chi connectivity index (χ1n) is 12.4. The highest BCUT2D eigenvalue weighted by Crippen LogP contribution is 2.26. The maximum Gasteiger partial charge on any atom is 0.346 e. The Kier molecular flexibility index (Phi) is 10.0. The van der Waals surface area contributed by atoms with Crippen molar-refractivity contribution in [3.63, 3.8) is 0 Å². The Bertz CT molecular complexity index is 945. The van der Waals surface area contributed by atoms with E-state index in [0.29, 0.717) is 19.4 Å².